The zero-order chi connectivity index (χ0) is 21.8. The molecule has 0 spiro atoms. The molecule has 0 bridgehead atoms. The van der Waals surface area contributed by atoms with Crippen LogP contribution in [0, 0.1) is 20.8 Å². The van der Waals surface area contributed by atoms with Crippen molar-refractivity contribution >= 4 is 20.9 Å². The fraction of sp³-hybridized carbons (Fsp3) is 0.231. The minimum absolute atomic E-state index is 0.326. The van der Waals surface area contributed by atoms with Crippen molar-refractivity contribution in [2.75, 3.05) is 6.54 Å². The molecule has 0 saturated carbocycles. The number of nitrogens with zero attached hydrogens (tertiary/aromatic N) is 1. The molecule has 31 heavy (non-hydrogen) atoms. The number of fused-ring (bicyclic) bond motifs is 5. The SMILES string of the molecule is Cc1ccc(S(=O)(=O)N2CCc3ccccc3-c3c([nH]c4cc(C)c(C)cc34)C2)cc1. The second kappa shape index (κ2) is 7.36. The number of nitrogens with one attached hydrogen (secondary N) is 1. The van der Waals surface area contributed by atoms with Crippen LogP contribution in [-0.4, -0.2) is 24.3 Å². The number of aromatic nitrogens is 1. The van der Waals surface area contributed by atoms with Gasteiger partial charge >= 0.3 is 0 Å². The van der Waals surface area contributed by atoms with E-state index in [2.05, 4.69) is 49.2 Å². The van der Waals surface area contributed by atoms with Crippen LogP contribution < -0.4 is 0 Å². The summed E-state index contributed by atoms with van der Waals surface area (Å²) in [4.78, 5) is 3.89. The van der Waals surface area contributed by atoms with Crippen LogP contribution in [0.25, 0.3) is 22.0 Å². The number of aryl methyl sites for hydroxylation is 3. The van der Waals surface area contributed by atoms with E-state index in [0.717, 1.165) is 27.7 Å². The summed E-state index contributed by atoms with van der Waals surface area (Å²) in [6.07, 6.45) is 0.679. The van der Waals surface area contributed by atoms with E-state index in [0.29, 0.717) is 24.4 Å². The Balaban J connectivity index is 1.70. The Hall–Kier alpha value is -2.89. The van der Waals surface area contributed by atoms with E-state index in [4.69, 9.17) is 0 Å². The summed E-state index contributed by atoms with van der Waals surface area (Å²) in [5.41, 5.74) is 8.99. The molecule has 1 aromatic heterocycles. The van der Waals surface area contributed by atoms with Crippen molar-refractivity contribution in [3.63, 3.8) is 0 Å². The highest BCUT2D eigenvalue weighted by Gasteiger charge is 2.29. The molecule has 5 heteroatoms. The minimum Gasteiger partial charge on any atom is -0.357 e. The fourth-order valence-electron chi connectivity index (χ4n) is 4.49. The molecule has 0 amide bonds. The quantitative estimate of drug-likeness (QED) is 0.456. The first-order valence-corrected chi connectivity index (χ1v) is 12.1. The lowest BCUT2D eigenvalue weighted by Crippen LogP contribution is -2.33. The van der Waals surface area contributed by atoms with Crippen molar-refractivity contribution in [1.82, 2.24) is 9.29 Å². The van der Waals surface area contributed by atoms with Crippen LogP contribution in [0.5, 0.6) is 0 Å². The van der Waals surface area contributed by atoms with Crippen LogP contribution in [0.2, 0.25) is 0 Å². The first-order valence-electron chi connectivity index (χ1n) is 10.6. The van der Waals surface area contributed by atoms with Gasteiger partial charge in [0.2, 0.25) is 10.0 Å². The average molecular weight is 431 g/mol. The molecule has 4 aromatic rings. The van der Waals surface area contributed by atoms with Crippen molar-refractivity contribution in [3.05, 3.63) is 88.6 Å². The summed E-state index contributed by atoms with van der Waals surface area (Å²) in [6, 6.07) is 19.9. The van der Waals surface area contributed by atoms with Crippen LogP contribution in [0.4, 0.5) is 0 Å². The van der Waals surface area contributed by atoms with Gasteiger partial charge in [0.05, 0.1) is 11.4 Å². The van der Waals surface area contributed by atoms with Crippen LogP contribution in [0.15, 0.2) is 65.6 Å². The summed E-state index contributed by atoms with van der Waals surface area (Å²) in [6.45, 7) is 6.96. The third-order valence-corrected chi connectivity index (χ3v) is 8.26. The Bertz CT molecular complexity index is 1400. The molecule has 4 nitrogen and oxygen atoms in total. The molecule has 1 aliphatic rings. The van der Waals surface area contributed by atoms with Crippen LogP contribution in [0.3, 0.4) is 0 Å². The van der Waals surface area contributed by atoms with Gasteiger partial charge in [-0.2, -0.15) is 4.31 Å². The molecule has 0 unspecified atom stereocenters. The number of H-pyrrole nitrogens is 1. The maximum atomic E-state index is 13.5. The molecule has 0 fully saturated rings. The van der Waals surface area contributed by atoms with Gasteiger partial charge in [-0.25, -0.2) is 8.42 Å². The maximum absolute atomic E-state index is 13.5. The summed E-state index contributed by atoms with van der Waals surface area (Å²) < 4.78 is 28.7. The van der Waals surface area contributed by atoms with Crippen molar-refractivity contribution < 1.29 is 8.42 Å². The highest BCUT2D eigenvalue weighted by Crippen LogP contribution is 2.38. The average Bonchev–Trinajstić information content (AvgIpc) is 3.06. The van der Waals surface area contributed by atoms with Crippen molar-refractivity contribution in [2.24, 2.45) is 0 Å². The fourth-order valence-corrected chi connectivity index (χ4v) is 5.90. The highest BCUT2D eigenvalue weighted by molar-refractivity contribution is 7.89. The van der Waals surface area contributed by atoms with Crippen molar-refractivity contribution in [1.29, 1.82) is 0 Å². The van der Waals surface area contributed by atoms with Crippen molar-refractivity contribution in [2.45, 2.75) is 38.6 Å². The minimum atomic E-state index is -3.60. The zero-order valence-electron chi connectivity index (χ0n) is 18.1. The summed E-state index contributed by atoms with van der Waals surface area (Å²) >= 11 is 0. The number of benzene rings is 3. The lowest BCUT2D eigenvalue weighted by Gasteiger charge is -2.26. The number of rotatable bonds is 2. The Morgan fingerprint density at radius 1 is 0.903 bits per heavy atom. The maximum Gasteiger partial charge on any atom is 0.243 e. The predicted molar refractivity (Wildman–Crippen MR) is 126 cm³/mol. The van der Waals surface area contributed by atoms with Crippen molar-refractivity contribution in [3.8, 4) is 11.1 Å². The molecule has 158 valence electrons. The predicted octanol–water partition coefficient (Wildman–Crippen LogP) is 5.51. The van der Waals surface area contributed by atoms with E-state index in [-0.39, 0.29) is 0 Å². The Morgan fingerprint density at radius 2 is 1.61 bits per heavy atom. The molecule has 0 atom stereocenters. The third kappa shape index (κ3) is 3.38. The first-order chi connectivity index (χ1) is 14.8. The summed E-state index contributed by atoms with van der Waals surface area (Å²) in [5, 5.41) is 1.15. The topological polar surface area (TPSA) is 53.2 Å². The second-order valence-corrected chi connectivity index (χ2v) is 10.5. The molecule has 2 heterocycles. The first kappa shape index (κ1) is 20.0. The van der Waals surface area contributed by atoms with Gasteiger partial charge in [-0.1, -0.05) is 42.0 Å². The van der Waals surface area contributed by atoms with E-state index >= 15 is 0 Å². The third-order valence-electron chi connectivity index (χ3n) is 6.40. The molecule has 0 saturated heterocycles. The van der Waals surface area contributed by atoms with Gasteiger partial charge in [-0.3, -0.25) is 0 Å². The highest BCUT2D eigenvalue weighted by atomic mass is 32.2. The van der Waals surface area contributed by atoms with Gasteiger partial charge in [0, 0.05) is 28.7 Å². The van der Waals surface area contributed by atoms with Gasteiger partial charge in [-0.15, -0.1) is 0 Å². The standard InChI is InChI=1S/C26H26N2O2S/c1-17-8-10-21(11-9-17)31(29,30)28-13-12-20-6-4-5-7-22(20)26-23-14-18(2)19(3)15-24(23)27-25(26)16-28/h4-11,14-15,27H,12-13,16H2,1-3H3. The Morgan fingerprint density at radius 3 is 2.39 bits per heavy atom. The van der Waals surface area contributed by atoms with Gasteiger partial charge < -0.3 is 4.98 Å². The Kier molecular flexibility index (Phi) is 4.76. The number of hydrogen-bond donors (Lipinski definition) is 1. The molecule has 3 aromatic carbocycles. The summed E-state index contributed by atoms with van der Waals surface area (Å²) in [7, 11) is -3.60. The lowest BCUT2D eigenvalue weighted by atomic mass is 9.93. The smallest absolute Gasteiger partial charge is 0.243 e. The van der Waals surface area contributed by atoms with Crippen LogP contribution >= 0.6 is 0 Å². The van der Waals surface area contributed by atoms with Crippen LogP contribution in [0.1, 0.15) is 27.9 Å². The monoisotopic (exact) mass is 430 g/mol. The molecule has 5 rings (SSSR count). The zero-order valence-corrected chi connectivity index (χ0v) is 18.9. The lowest BCUT2D eigenvalue weighted by molar-refractivity contribution is 0.405. The molecular formula is C26H26N2O2S. The van der Waals surface area contributed by atoms with E-state index in [1.165, 1.54) is 22.3 Å². The van der Waals surface area contributed by atoms with E-state index in [9.17, 15) is 8.42 Å². The Labute approximate surface area is 183 Å². The number of sulfonamides is 1. The van der Waals surface area contributed by atoms with Gasteiger partial charge in [0.25, 0.3) is 0 Å². The van der Waals surface area contributed by atoms with E-state index in [1.54, 1.807) is 16.4 Å². The van der Waals surface area contributed by atoms with E-state index in [1.807, 2.05) is 25.1 Å². The summed E-state index contributed by atoms with van der Waals surface area (Å²) in [5.74, 6) is 0. The number of aromatic amines is 1. The molecule has 0 radical (unpaired) electrons. The van der Waals surface area contributed by atoms with Crippen LogP contribution in [-0.2, 0) is 23.0 Å². The normalized spacial score (nSPS) is 14.7. The molecular weight excluding hydrogens is 404 g/mol. The van der Waals surface area contributed by atoms with Gasteiger partial charge in [0.1, 0.15) is 0 Å². The molecule has 1 N–H and O–H groups in total. The number of hydrogen-bond acceptors (Lipinski definition) is 2. The van der Waals surface area contributed by atoms with Gasteiger partial charge in [-0.05, 0) is 73.7 Å². The van der Waals surface area contributed by atoms with E-state index < -0.39 is 10.0 Å². The largest absolute Gasteiger partial charge is 0.357 e. The van der Waals surface area contributed by atoms with Gasteiger partial charge in [0.15, 0.2) is 0 Å². The molecule has 0 aliphatic carbocycles. The molecule has 1 aliphatic heterocycles. The second-order valence-electron chi connectivity index (χ2n) is 8.52.